The van der Waals surface area contributed by atoms with Crippen LogP contribution in [0.25, 0.3) is 11.0 Å². The number of fused-ring (bicyclic) bond motifs is 1. The first kappa shape index (κ1) is 20.9. The van der Waals surface area contributed by atoms with Gasteiger partial charge in [-0.15, -0.1) is 0 Å². The number of furan rings is 1. The highest BCUT2D eigenvalue weighted by Gasteiger charge is 2.18. The zero-order chi connectivity index (χ0) is 21.3. The predicted octanol–water partition coefficient (Wildman–Crippen LogP) is 3.70. The summed E-state index contributed by atoms with van der Waals surface area (Å²) in [6.45, 7) is 6.28. The van der Waals surface area contributed by atoms with Crippen molar-refractivity contribution >= 4 is 32.6 Å². The van der Waals surface area contributed by atoms with E-state index in [2.05, 4.69) is 25.2 Å². The van der Waals surface area contributed by atoms with Gasteiger partial charge in [0.05, 0.1) is 19.8 Å². The Morgan fingerprint density at radius 1 is 1.24 bits per heavy atom. The second kappa shape index (κ2) is 7.88. The maximum atomic E-state index is 12.6. The van der Waals surface area contributed by atoms with Gasteiger partial charge in [-0.05, 0) is 54.3 Å². The van der Waals surface area contributed by atoms with Crippen molar-refractivity contribution in [2.75, 3.05) is 12.4 Å². The summed E-state index contributed by atoms with van der Waals surface area (Å²) < 4.78 is 34.1. The Bertz CT molecular complexity index is 1180. The summed E-state index contributed by atoms with van der Waals surface area (Å²) in [5, 5.41) is 8.82. The number of benzene rings is 2. The third-order valence-corrected chi connectivity index (χ3v) is 5.70. The van der Waals surface area contributed by atoms with E-state index in [1.807, 2.05) is 13.0 Å². The van der Waals surface area contributed by atoms with E-state index in [4.69, 9.17) is 14.3 Å². The number of methoxy groups -OCH3 is 1. The third-order valence-electron chi connectivity index (χ3n) is 4.77. The van der Waals surface area contributed by atoms with Crippen LogP contribution in [0.1, 0.15) is 36.5 Å². The lowest BCUT2D eigenvalue weighted by atomic mass is 9.95. The molecular weight excluding hydrogens is 392 g/mol. The zero-order valence-corrected chi connectivity index (χ0v) is 17.6. The standard InChI is InChI=1S/C21H24N2O5S/c1-12(2)16-10-17-14(11-28-19(17)7-13(16)3)8-21(24)23-15-5-6-18(27-4)20(9-15)29(22,25)26/h5-7,9-12H,8H2,1-4H3,(H,23,24)(H2,22,25,26). The van der Waals surface area contributed by atoms with Gasteiger partial charge in [-0.25, -0.2) is 13.6 Å². The molecule has 0 spiro atoms. The highest BCUT2D eigenvalue weighted by Crippen LogP contribution is 2.30. The number of aryl methyl sites for hydroxylation is 1. The minimum absolute atomic E-state index is 0.0876. The van der Waals surface area contributed by atoms with E-state index in [1.54, 1.807) is 12.3 Å². The number of rotatable bonds is 6. The first-order chi connectivity index (χ1) is 13.6. The molecular formula is C21H24N2O5S. The molecule has 0 unspecified atom stereocenters. The molecule has 1 amide bonds. The summed E-state index contributed by atoms with van der Waals surface area (Å²) >= 11 is 0. The number of nitrogens with one attached hydrogen (secondary N) is 1. The molecule has 3 rings (SSSR count). The summed E-state index contributed by atoms with van der Waals surface area (Å²) in [4.78, 5) is 12.4. The van der Waals surface area contributed by atoms with Crippen molar-refractivity contribution in [3.05, 3.63) is 53.3 Å². The number of hydrogen-bond donors (Lipinski definition) is 2. The fraction of sp³-hybridized carbons (Fsp3) is 0.286. The molecule has 3 N–H and O–H groups in total. The monoisotopic (exact) mass is 416 g/mol. The molecule has 0 saturated carbocycles. The minimum Gasteiger partial charge on any atom is -0.495 e. The number of hydrogen-bond acceptors (Lipinski definition) is 5. The topological polar surface area (TPSA) is 112 Å². The van der Waals surface area contributed by atoms with Gasteiger partial charge in [0.25, 0.3) is 0 Å². The molecule has 0 atom stereocenters. The lowest BCUT2D eigenvalue weighted by Crippen LogP contribution is -2.17. The molecule has 3 aromatic rings. The molecule has 0 bridgehead atoms. The van der Waals surface area contributed by atoms with Crippen LogP contribution in [0.5, 0.6) is 5.75 Å². The van der Waals surface area contributed by atoms with Crippen LogP contribution >= 0.6 is 0 Å². The van der Waals surface area contributed by atoms with Gasteiger partial charge in [-0.3, -0.25) is 4.79 Å². The zero-order valence-electron chi connectivity index (χ0n) is 16.8. The van der Waals surface area contributed by atoms with Crippen LogP contribution in [-0.2, 0) is 21.2 Å². The summed E-state index contributed by atoms with van der Waals surface area (Å²) in [5.74, 6) is 0.166. The smallest absolute Gasteiger partial charge is 0.241 e. The normalized spacial score (nSPS) is 11.8. The van der Waals surface area contributed by atoms with E-state index >= 15 is 0 Å². The Morgan fingerprint density at radius 2 is 1.97 bits per heavy atom. The Balaban J connectivity index is 1.86. The SMILES string of the molecule is COc1ccc(NC(=O)Cc2coc3cc(C)c(C(C)C)cc23)cc1S(N)(=O)=O. The molecule has 0 aliphatic rings. The Morgan fingerprint density at radius 3 is 2.59 bits per heavy atom. The third kappa shape index (κ3) is 4.44. The van der Waals surface area contributed by atoms with Crippen molar-refractivity contribution in [3.8, 4) is 5.75 Å². The highest BCUT2D eigenvalue weighted by molar-refractivity contribution is 7.89. The van der Waals surface area contributed by atoms with E-state index in [0.29, 0.717) is 11.6 Å². The van der Waals surface area contributed by atoms with E-state index in [-0.39, 0.29) is 23.0 Å². The predicted molar refractivity (Wildman–Crippen MR) is 112 cm³/mol. The lowest BCUT2D eigenvalue weighted by Gasteiger charge is -2.11. The largest absolute Gasteiger partial charge is 0.495 e. The number of ether oxygens (including phenoxy) is 1. The fourth-order valence-electron chi connectivity index (χ4n) is 3.36. The minimum atomic E-state index is -3.99. The van der Waals surface area contributed by atoms with Crippen molar-refractivity contribution < 1.29 is 22.4 Å². The van der Waals surface area contributed by atoms with Crippen LogP contribution in [0.2, 0.25) is 0 Å². The lowest BCUT2D eigenvalue weighted by molar-refractivity contribution is -0.115. The van der Waals surface area contributed by atoms with Gasteiger partial charge in [-0.1, -0.05) is 13.8 Å². The van der Waals surface area contributed by atoms with Crippen LogP contribution in [-0.4, -0.2) is 21.4 Å². The highest BCUT2D eigenvalue weighted by atomic mass is 32.2. The van der Waals surface area contributed by atoms with Crippen molar-refractivity contribution in [2.45, 2.75) is 38.0 Å². The number of anilines is 1. The quantitative estimate of drug-likeness (QED) is 0.636. The number of carbonyl (C=O) groups excluding carboxylic acids is 1. The van der Waals surface area contributed by atoms with Gasteiger partial charge in [0.1, 0.15) is 16.2 Å². The molecule has 0 aliphatic heterocycles. The molecule has 1 heterocycles. The maximum absolute atomic E-state index is 12.6. The van der Waals surface area contributed by atoms with Crippen molar-refractivity contribution in [2.24, 2.45) is 5.14 Å². The number of primary sulfonamides is 1. The summed E-state index contributed by atoms with van der Waals surface area (Å²) in [6, 6.07) is 8.32. The summed E-state index contributed by atoms with van der Waals surface area (Å²) in [5.41, 5.74) is 4.15. The number of amides is 1. The van der Waals surface area contributed by atoms with Crippen LogP contribution in [0.15, 0.2) is 45.9 Å². The van der Waals surface area contributed by atoms with Crippen LogP contribution in [0.3, 0.4) is 0 Å². The summed E-state index contributed by atoms with van der Waals surface area (Å²) in [6.07, 6.45) is 1.67. The van der Waals surface area contributed by atoms with Gasteiger partial charge in [0.15, 0.2) is 0 Å². The van der Waals surface area contributed by atoms with Crippen molar-refractivity contribution in [3.63, 3.8) is 0 Å². The average Bonchev–Trinajstić information content (AvgIpc) is 3.01. The van der Waals surface area contributed by atoms with Gasteiger partial charge in [0.2, 0.25) is 15.9 Å². The Hall–Kier alpha value is -2.84. The number of carbonyl (C=O) groups is 1. The molecule has 29 heavy (non-hydrogen) atoms. The second-order valence-electron chi connectivity index (χ2n) is 7.26. The Labute approximate surface area is 169 Å². The van der Waals surface area contributed by atoms with Gasteiger partial charge in [-0.2, -0.15) is 0 Å². The van der Waals surface area contributed by atoms with Crippen LogP contribution in [0, 0.1) is 6.92 Å². The average molecular weight is 416 g/mol. The van der Waals surface area contributed by atoms with E-state index in [9.17, 15) is 13.2 Å². The van der Waals surface area contributed by atoms with Crippen LogP contribution in [0.4, 0.5) is 5.69 Å². The van der Waals surface area contributed by atoms with Crippen molar-refractivity contribution in [1.82, 2.24) is 0 Å². The number of sulfonamides is 1. The molecule has 7 nitrogen and oxygen atoms in total. The molecule has 8 heteroatoms. The molecule has 0 saturated heterocycles. The maximum Gasteiger partial charge on any atom is 0.241 e. The molecule has 2 aromatic carbocycles. The van der Waals surface area contributed by atoms with E-state index in [1.165, 1.54) is 24.8 Å². The molecule has 0 radical (unpaired) electrons. The molecule has 0 fully saturated rings. The van der Waals surface area contributed by atoms with Crippen LogP contribution < -0.4 is 15.2 Å². The van der Waals surface area contributed by atoms with Crippen molar-refractivity contribution in [1.29, 1.82) is 0 Å². The summed E-state index contributed by atoms with van der Waals surface area (Å²) in [7, 11) is -2.64. The van der Waals surface area contributed by atoms with Gasteiger partial charge >= 0.3 is 0 Å². The van der Waals surface area contributed by atoms with Gasteiger partial charge in [0, 0.05) is 16.6 Å². The molecule has 0 aliphatic carbocycles. The second-order valence-corrected chi connectivity index (χ2v) is 8.79. The molecule has 1 aromatic heterocycles. The molecule has 154 valence electrons. The van der Waals surface area contributed by atoms with E-state index in [0.717, 1.165) is 22.1 Å². The fourth-order valence-corrected chi connectivity index (χ4v) is 4.08. The Kier molecular flexibility index (Phi) is 5.68. The van der Waals surface area contributed by atoms with E-state index < -0.39 is 10.0 Å². The van der Waals surface area contributed by atoms with Gasteiger partial charge < -0.3 is 14.5 Å². The number of nitrogens with two attached hydrogens (primary N) is 1. The first-order valence-electron chi connectivity index (χ1n) is 9.11. The first-order valence-corrected chi connectivity index (χ1v) is 10.7.